The molecule has 1 aliphatic heterocycles. The van der Waals surface area contributed by atoms with E-state index in [4.69, 9.17) is 5.11 Å². The molecule has 1 aromatic rings. The number of phenolic OH excluding ortho intramolecular Hbond substituents is 1. The minimum atomic E-state index is -0.524. The summed E-state index contributed by atoms with van der Waals surface area (Å²) in [5.74, 6) is -0.394. The molecular weight excluding hydrogens is 169 g/mol. The van der Waals surface area contributed by atoms with Crippen LogP contribution in [0.25, 0.3) is 0 Å². The summed E-state index contributed by atoms with van der Waals surface area (Å²) < 4.78 is 13.0. The lowest BCUT2D eigenvalue weighted by atomic mass is 9.98. The largest absolute Gasteiger partial charge is 0.505 e. The Balaban J connectivity index is 2.25. The molecule has 2 rings (SSSR count). The smallest absolute Gasteiger partial charge is 0.165 e. The first-order chi connectivity index (χ1) is 6.27. The van der Waals surface area contributed by atoms with Crippen LogP contribution in [0.4, 0.5) is 4.39 Å². The number of nitrogens with one attached hydrogen (secondary N) is 1. The molecular formula is C10H12FNO. The van der Waals surface area contributed by atoms with Gasteiger partial charge in [-0.15, -0.1) is 0 Å². The van der Waals surface area contributed by atoms with Crippen LogP contribution in [0.15, 0.2) is 18.2 Å². The lowest BCUT2D eigenvalue weighted by Gasteiger charge is -2.08. The molecule has 0 unspecified atom stereocenters. The molecule has 3 heteroatoms. The van der Waals surface area contributed by atoms with Crippen molar-refractivity contribution in [2.24, 2.45) is 0 Å². The van der Waals surface area contributed by atoms with Crippen LogP contribution in [0.1, 0.15) is 17.9 Å². The van der Waals surface area contributed by atoms with Crippen LogP contribution < -0.4 is 5.32 Å². The molecule has 0 bridgehead atoms. The number of hydrogen-bond donors (Lipinski definition) is 2. The topological polar surface area (TPSA) is 32.3 Å². The summed E-state index contributed by atoms with van der Waals surface area (Å²) >= 11 is 0. The van der Waals surface area contributed by atoms with Crippen molar-refractivity contribution in [1.82, 2.24) is 5.32 Å². The Labute approximate surface area is 76.4 Å². The normalized spacial score (nSPS) is 22.1. The molecule has 1 atom stereocenters. The Morgan fingerprint density at radius 3 is 2.92 bits per heavy atom. The maximum atomic E-state index is 13.0. The Morgan fingerprint density at radius 2 is 2.31 bits per heavy atom. The molecule has 1 heterocycles. The zero-order valence-electron chi connectivity index (χ0n) is 7.26. The van der Waals surface area contributed by atoms with Crippen LogP contribution in [0.2, 0.25) is 0 Å². The van der Waals surface area contributed by atoms with Gasteiger partial charge in [0, 0.05) is 6.54 Å². The third kappa shape index (κ3) is 1.65. The van der Waals surface area contributed by atoms with Gasteiger partial charge in [-0.05, 0) is 36.6 Å². The highest BCUT2D eigenvalue weighted by atomic mass is 19.1. The zero-order valence-corrected chi connectivity index (χ0v) is 7.26. The first-order valence-electron chi connectivity index (χ1n) is 4.46. The summed E-state index contributed by atoms with van der Waals surface area (Å²) in [4.78, 5) is 0. The molecule has 70 valence electrons. The number of hydrogen-bond acceptors (Lipinski definition) is 2. The fourth-order valence-corrected chi connectivity index (χ4v) is 1.72. The fraction of sp³-hybridized carbons (Fsp3) is 0.400. The lowest BCUT2D eigenvalue weighted by Crippen LogP contribution is -2.07. The van der Waals surface area contributed by atoms with Gasteiger partial charge in [-0.1, -0.05) is 6.07 Å². The summed E-state index contributed by atoms with van der Waals surface area (Å²) in [6, 6.07) is 4.63. The maximum Gasteiger partial charge on any atom is 0.165 e. The van der Waals surface area contributed by atoms with Gasteiger partial charge in [-0.25, -0.2) is 4.39 Å². The van der Waals surface area contributed by atoms with Crippen molar-refractivity contribution in [3.63, 3.8) is 0 Å². The van der Waals surface area contributed by atoms with E-state index in [2.05, 4.69) is 5.32 Å². The third-order valence-corrected chi connectivity index (χ3v) is 2.50. The van der Waals surface area contributed by atoms with E-state index in [1.165, 1.54) is 12.1 Å². The van der Waals surface area contributed by atoms with E-state index in [-0.39, 0.29) is 5.75 Å². The first-order valence-corrected chi connectivity index (χ1v) is 4.46. The van der Waals surface area contributed by atoms with Crippen molar-refractivity contribution in [2.75, 3.05) is 13.1 Å². The summed E-state index contributed by atoms with van der Waals surface area (Å²) in [5, 5.41) is 12.2. The van der Waals surface area contributed by atoms with E-state index in [1.54, 1.807) is 6.07 Å². The van der Waals surface area contributed by atoms with Gasteiger partial charge in [-0.3, -0.25) is 0 Å². The Hall–Kier alpha value is -1.09. The molecule has 0 saturated carbocycles. The van der Waals surface area contributed by atoms with E-state index in [0.717, 1.165) is 25.1 Å². The van der Waals surface area contributed by atoms with Gasteiger partial charge >= 0.3 is 0 Å². The Morgan fingerprint density at radius 1 is 1.46 bits per heavy atom. The molecule has 0 aliphatic carbocycles. The average Bonchev–Trinajstić information content (AvgIpc) is 2.62. The van der Waals surface area contributed by atoms with E-state index in [1.807, 2.05) is 0 Å². The fourth-order valence-electron chi connectivity index (χ4n) is 1.72. The van der Waals surface area contributed by atoms with Crippen molar-refractivity contribution >= 4 is 0 Å². The molecule has 2 nitrogen and oxygen atoms in total. The molecule has 1 fully saturated rings. The molecule has 13 heavy (non-hydrogen) atoms. The third-order valence-electron chi connectivity index (χ3n) is 2.50. The monoisotopic (exact) mass is 181 g/mol. The summed E-state index contributed by atoms with van der Waals surface area (Å²) in [6.07, 6.45) is 1.05. The highest BCUT2D eigenvalue weighted by molar-refractivity contribution is 5.30. The van der Waals surface area contributed by atoms with Crippen LogP contribution in [0.3, 0.4) is 0 Å². The Bertz CT molecular complexity index is 308. The van der Waals surface area contributed by atoms with E-state index in [9.17, 15) is 4.39 Å². The van der Waals surface area contributed by atoms with Crippen molar-refractivity contribution in [3.05, 3.63) is 29.6 Å². The minimum absolute atomic E-state index is 0.269. The van der Waals surface area contributed by atoms with Crippen LogP contribution >= 0.6 is 0 Å². The van der Waals surface area contributed by atoms with E-state index in [0.29, 0.717) is 5.92 Å². The van der Waals surface area contributed by atoms with Crippen molar-refractivity contribution in [3.8, 4) is 5.75 Å². The molecule has 2 N–H and O–H groups in total. The number of benzene rings is 1. The van der Waals surface area contributed by atoms with Gasteiger partial charge in [0.1, 0.15) is 0 Å². The predicted molar refractivity (Wildman–Crippen MR) is 48.3 cm³/mol. The van der Waals surface area contributed by atoms with Gasteiger partial charge in [0.05, 0.1) is 0 Å². The van der Waals surface area contributed by atoms with E-state index < -0.39 is 5.82 Å². The summed E-state index contributed by atoms with van der Waals surface area (Å²) in [5.41, 5.74) is 0.973. The lowest BCUT2D eigenvalue weighted by molar-refractivity contribution is 0.431. The average molecular weight is 181 g/mol. The molecule has 1 saturated heterocycles. The second-order valence-corrected chi connectivity index (χ2v) is 3.40. The molecule has 0 amide bonds. The van der Waals surface area contributed by atoms with Gasteiger partial charge < -0.3 is 10.4 Å². The molecule has 0 aromatic heterocycles. The van der Waals surface area contributed by atoms with Gasteiger partial charge in [0.2, 0.25) is 0 Å². The molecule has 0 spiro atoms. The predicted octanol–water partition coefficient (Wildman–Crippen LogP) is 1.61. The van der Waals surface area contributed by atoms with Gasteiger partial charge in [0.25, 0.3) is 0 Å². The number of halogens is 1. The molecule has 1 aliphatic rings. The van der Waals surface area contributed by atoms with Crippen molar-refractivity contribution < 1.29 is 9.50 Å². The Kier molecular flexibility index (Phi) is 2.19. The van der Waals surface area contributed by atoms with Crippen LogP contribution in [0.5, 0.6) is 5.75 Å². The van der Waals surface area contributed by atoms with Crippen molar-refractivity contribution in [2.45, 2.75) is 12.3 Å². The summed E-state index contributed by atoms with van der Waals surface area (Å²) in [6.45, 7) is 1.90. The minimum Gasteiger partial charge on any atom is -0.505 e. The summed E-state index contributed by atoms with van der Waals surface area (Å²) in [7, 11) is 0. The SMILES string of the molecule is Oc1ccc([C@H]2CCNC2)cc1F. The van der Waals surface area contributed by atoms with E-state index >= 15 is 0 Å². The zero-order chi connectivity index (χ0) is 9.26. The van der Waals surface area contributed by atoms with Crippen LogP contribution in [-0.2, 0) is 0 Å². The van der Waals surface area contributed by atoms with Gasteiger partial charge in [-0.2, -0.15) is 0 Å². The number of aromatic hydroxyl groups is 1. The molecule has 1 aromatic carbocycles. The second-order valence-electron chi connectivity index (χ2n) is 3.40. The maximum absolute atomic E-state index is 13.0. The number of rotatable bonds is 1. The van der Waals surface area contributed by atoms with Crippen LogP contribution in [0, 0.1) is 5.82 Å². The second kappa shape index (κ2) is 3.34. The quantitative estimate of drug-likeness (QED) is 0.689. The number of phenols is 1. The van der Waals surface area contributed by atoms with Gasteiger partial charge in [0.15, 0.2) is 11.6 Å². The standard InChI is InChI=1S/C10H12FNO/c11-9-5-7(1-2-10(9)13)8-3-4-12-6-8/h1-2,5,8,12-13H,3-4,6H2/t8-/m0/s1. The highest BCUT2D eigenvalue weighted by Crippen LogP contribution is 2.25. The van der Waals surface area contributed by atoms with Crippen molar-refractivity contribution in [1.29, 1.82) is 0 Å². The van der Waals surface area contributed by atoms with Crippen LogP contribution in [-0.4, -0.2) is 18.2 Å². The first kappa shape index (κ1) is 8.51. The highest BCUT2D eigenvalue weighted by Gasteiger charge is 2.17. The molecule has 0 radical (unpaired) electrons.